The number of methoxy groups -OCH3 is 1. The van der Waals surface area contributed by atoms with Crippen LogP contribution in [0.4, 0.5) is 20.2 Å². The van der Waals surface area contributed by atoms with E-state index in [9.17, 15) is 18.9 Å². The summed E-state index contributed by atoms with van der Waals surface area (Å²) in [5.41, 5.74) is 0.525. The molecule has 7 heteroatoms. The lowest BCUT2D eigenvalue weighted by atomic mass is 10.2. The Labute approximate surface area is 119 Å². The zero-order valence-electron chi connectivity index (χ0n) is 11.1. The van der Waals surface area contributed by atoms with Crippen LogP contribution in [0.5, 0.6) is 5.75 Å². The summed E-state index contributed by atoms with van der Waals surface area (Å²) in [6, 6.07) is 7.59. The topological polar surface area (TPSA) is 64.4 Å². The van der Waals surface area contributed by atoms with Crippen LogP contribution in [0.15, 0.2) is 36.4 Å². The second-order valence-corrected chi connectivity index (χ2v) is 4.24. The minimum Gasteiger partial charge on any atom is -0.490 e. The molecule has 0 radical (unpaired) electrons. The van der Waals surface area contributed by atoms with Crippen molar-refractivity contribution in [1.82, 2.24) is 0 Å². The summed E-state index contributed by atoms with van der Waals surface area (Å²) < 4.78 is 31.1. The molecule has 0 unspecified atom stereocenters. The SMILES string of the molecule is COc1ccc(CNc2ccc(F)cc2F)cc1[N+](=O)[O-]. The molecule has 0 aliphatic rings. The molecule has 1 N–H and O–H groups in total. The first-order chi connectivity index (χ1) is 10.0. The highest BCUT2D eigenvalue weighted by molar-refractivity contribution is 5.50. The lowest BCUT2D eigenvalue weighted by Crippen LogP contribution is -2.03. The number of hydrogen-bond acceptors (Lipinski definition) is 4. The first-order valence-corrected chi connectivity index (χ1v) is 6.01. The Hall–Kier alpha value is -2.70. The zero-order valence-corrected chi connectivity index (χ0v) is 11.1. The van der Waals surface area contributed by atoms with Crippen LogP contribution >= 0.6 is 0 Å². The lowest BCUT2D eigenvalue weighted by Gasteiger charge is -2.09. The molecule has 0 bridgehead atoms. The summed E-state index contributed by atoms with van der Waals surface area (Å²) in [4.78, 5) is 10.3. The summed E-state index contributed by atoms with van der Waals surface area (Å²) in [5, 5.41) is 13.7. The number of nitrogens with one attached hydrogen (secondary N) is 1. The fourth-order valence-electron chi connectivity index (χ4n) is 1.82. The van der Waals surface area contributed by atoms with Gasteiger partial charge in [-0.1, -0.05) is 6.07 Å². The lowest BCUT2D eigenvalue weighted by molar-refractivity contribution is -0.385. The largest absolute Gasteiger partial charge is 0.490 e. The third kappa shape index (κ3) is 3.44. The van der Waals surface area contributed by atoms with E-state index in [1.165, 1.54) is 25.3 Å². The van der Waals surface area contributed by atoms with Crippen molar-refractivity contribution < 1.29 is 18.4 Å². The molecule has 0 aromatic heterocycles. The van der Waals surface area contributed by atoms with E-state index < -0.39 is 16.6 Å². The van der Waals surface area contributed by atoms with Crippen LogP contribution in [-0.4, -0.2) is 12.0 Å². The molecule has 5 nitrogen and oxygen atoms in total. The van der Waals surface area contributed by atoms with Crippen molar-refractivity contribution in [3.63, 3.8) is 0 Å². The molecule has 0 spiro atoms. The van der Waals surface area contributed by atoms with Gasteiger partial charge in [0.25, 0.3) is 0 Å². The molecule has 2 rings (SSSR count). The normalized spacial score (nSPS) is 10.2. The Morgan fingerprint density at radius 2 is 2.00 bits per heavy atom. The van der Waals surface area contributed by atoms with Crippen molar-refractivity contribution in [1.29, 1.82) is 0 Å². The predicted octanol–water partition coefficient (Wildman–Crippen LogP) is 3.49. The van der Waals surface area contributed by atoms with Gasteiger partial charge < -0.3 is 10.1 Å². The van der Waals surface area contributed by atoms with Crippen molar-refractivity contribution in [2.24, 2.45) is 0 Å². The Kier molecular flexibility index (Phi) is 4.32. The average molecular weight is 294 g/mol. The predicted molar refractivity (Wildman–Crippen MR) is 73.3 cm³/mol. The fourth-order valence-corrected chi connectivity index (χ4v) is 1.82. The van der Waals surface area contributed by atoms with Crippen LogP contribution in [-0.2, 0) is 6.54 Å². The van der Waals surface area contributed by atoms with Gasteiger partial charge in [-0.25, -0.2) is 8.78 Å². The van der Waals surface area contributed by atoms with E-state index >= 15 is 0 Å². The van der Waals surface area contributed by atoms with Crippen LogP contribution in [0.2, 0.25) is 0 Å². The van der Waals surface area contributed by atoms with Gasteiger partial charge in [-0.15, -0.1) is 0 Å². The summed E-state index contributed by atoms with van der Waals surface area (Å²) in [7, 11) is 1.34. The molecule has 2 aromatic carbocycles. The number of anilines is 1. The highest BCUT2D eigenvalue weighted by atomic mass is 19.1. The maximum atomic E-state index is 13.4. The van der Waals surface area contributed by atoms with Crippen molar-refractivity contribution in [2.75, 3.05) is 12.4 Å². The van der Waals surface area contributed by atoms with Crippen LogP contribution in [0.25, 0.3) is 0 Å². The molecule has 21 heavy (non-hydrogen) atoms. The van der Waals surface area contributed by atoms with Gasteiger partial charge in [0.2, 0.25) is 0 Å². The van der Waals surface area contributed by atoms with Gasteiger partial charge in [0.15, 0.2) is 5.75 Å². The number of halogens is 2. The van der Waals surface area contributed by atoms with Crippen LogP contribution in [0, 0.1) is 21.7 Å². The number of nitro groups is 1. The maximum Gasteiger partial charge on any atom is 0.311 e. The Balaban J connectivity index is 2.16. The third-order valence-electron chi connectivity index (χ3n) is 2.85. The smallest absolute Gasteiger partial charge is 0.311 e. The van der Waals surface area contributed by atoms with E-state index in [-0.39, 0.29) is 23.7 Å². The van der Waals surface area contributed by atoms with E-state index in [0.717, 1.165) is 12.1 Å². The van der Waals surface area contributed by atoms with Crippen molar-refractivity contribution >= 4 is 11.4 Å². The van der Waals surface area contributed by atoms with Gasteiger partial charge in [-0.2, -0.15) is 0 Å². The van der Waals surface area contributed by atoms with Crippen molar-refractivity contribution in [3.8, 4) is 5.75 Å². The van der Waals surface area contributed by atoms with E-state index in [2.05, 4.69) is 5.32 Å². The van der Waals surface area contributed by atoms with Gasteiger partial charge in [0.05, 0.1) is 17.7 Å². The molecule has 110 valence electrons. The molecular formula is C14H12F2N2O3. The van der Waals surface area contributed by atoms with Crippen molar-refractivity contribution in [2.45, 2.75) is 6.54 Å². The number of benzene rings is 2. The first-order valence-electron chi connectivity index (χ1n) is 6.01. The molecule has 0 fully saturated rings. The molecule has 0 saturated carbocycles. The van der Waals surface area contributed by atoms with Crippen LogP contribution in [0.1, 0.15) is 5.56 Å². The van der Waals surface area contributed by atoms with Gasteiger partial charge in [-0.3, -0.25) is 10.1 Å². The minimum absolute atomic E-state index is 0.120. The highest BCUT2D eigenvalue weighted by Crippen LogP contribution is 2.28. The zero-order chi connectivity index (χ0) is 15.4. The standard InChI is InChI=1S/C14H12F2N2O3/c1-21-14-5-2-9(6-13(14)18(19)20)8-17-12-4-3-10(15)7-11(12)16/h2-7,17H,8H2,1H3. The fraction of sp³-hybridized carbons (Fsp3) is 0.143. The molecule has 2 aromatic rings. The molecular weight excluding hydrogens is 282 g/mol. The molecule has 0 aliphatic heterocycles. The number of nitrogens with zero attached hydrogens (tertiary/aromatic N) is 1. The molecule has 0 saturated heterocycles. The highest BCUT2D eigenvalue weighted by Gasteiger charge is 2.15. The summed E-state index contributed by atoms with van der Waals surface area (Å²) in [6.45, 7) is 0.160. The number of ether oxygens (including phenoxy) is 1. The summed E-state index contributed by atoms with van der Waals surface area (Å²) in [6.07, 6.45) is 0. The van der Waals surface area contributed by atoms with Crippen LogP contribution < -0.4 is 10.1 Å². The Morgan fingerprint density at radius 3 is 2.62 bits per heavy atom. The van der Waals surface area contributed by atoms with E-state index in [0.29, 0.717) is 5.56 Å². The number of rotatable bonds is 5. The number of hydrogen-bond donors (Lipinski definition) is 1. The average Bonchev–Trinajstić information content (AvgIpc) is 2.46. The summed E-state index contributed by atoms with van der Waals surface area (Å²) >= 11 is 0. The molecule has 0 amide bonds. The van der Waals surface area contributed by atoms with Crippen LogP contribution in [0.3, 0.4) is 0 Å². The first kappa shape index (κ1) is 14.7. The minimum atomic E-state index is -0.724. The van der Waals surface area contributed by atoms with Gasteiger partial charge in [0, 0.05) is 18.7 Å². The van der Waals surface area contributed by atoms with E-state index in [1.807, 2.05) is 0 Å². The Morgan fingerprint density at radius 1 is 1.24 bits per heavy atom. The Bertz CT molecular complexity index is 677. The van der Waals surface area contributed by atoms with E-state index in [4.69, 9.17) is 4.74 Å². The van der Waals surface area contributed by atoms with Crippen molar-refractivity contribution in [3.05, 3.63) is 63.7 Å². The molecule has 0 aliphatic carbocycles. The second-order valence-electron chi connectivity index (χ2n) is 4.24. The quantitative estimate of drug-likeness (QED) is 0.677. The molecule has 0 atom stereocenters. The van der Waals surface area contributed by atoms with Gasteiger partial charge >= 0.3 is 5.69 Å². The number of nitro benzene ring substituents is 1. The van der Waals surface area contributed by atoms with Gasteiger partial charge in [0.1, 0.15) is 11.6 Å². The second kappa shape index (κ2) is 6.17. The van der Waals surface area contributed by atoms with Gasteiger partial charge in [-0.05, 0) is 23.8 Å². The molecule has 0 heterocycles. The summed E-state index contributed by atoms with van der Waals surface area (Å²) in [5.74, 6) is -1.24. The third-order valence-corrected chi connectivity index (χ3v) is 2.85. The van der Waals surface area contributed by atoms with E-state index in [1.54, 1.807) is 6.07 Å². The monoisotopic (exact) mass is 294 g/mol. The maximum absolute atomic E-state index is 13.4.